The van der Waals surface area contributed by atoms with Gasteiger partial charge in [-0.15, -0.1) is 0 Å². The van der Waals surface area contributed by atoms with Crippen molar-refractivity contribution in [2.75, 3.05) is 0 Å². The van der Waals surface area contributed by atoms with Gasteiger partial charge in [-0.2, -0.15) is 0 Å². The van der Waals surface area contributed by atoms with E-state index in [-0.39, 0.29) is 0 Å². The van der Waals surface area contributed by atoms with E-state index in [9.17, 15) is 0 Å². The molecule has 600 valence electrons. The summed E-state index contributed by atoms with van der Waals surface area (Å²) in [5.74, 6) is 0. The average Bonchev–Trinajstić information content (AvgIpc) is 1.68. The Labute approximate surface area is 744 Å². The summed E-state index contributed by atoms with van der Waals surface area (Å²) in [7, 11) is 0. The predicted molar refractivity (Wildman–Crippen MR) is 548 cm³/mol. The average molecular weight is 1640 g/mol. The Morgan fingerprint density at radius 2 is 0.333 bits per heavy atom. The minimum Gasteiger partial charge on any atom is -0.456 e. The zero-order valence-electron chi connectivity index (χ0n) is 70.3. The SMILES string of the molecule is c1ccc2c(-c3ccc(-c4c5ccccc5c(-c5ccc6c(c5)oc5ccccc56)c5ccccc45)cc3)cccc2c1.c1ccc2c(-c3ccc(-c4c5ccccc5c(-c5ccc6oc7ccccc7c6c5)c5ccccc45)cc3)cccc2c1.c1ccc2c(-c3ccc(-c4c5ccccc5c(-c5cccc6oc7ccccc7c56)c5ccccc45)cc3)cccc2c1. The van der Waals surface area contributed by atoms with Gasteiger partial charge in [0.1, 0.15) is 33.5 Å². The molecule has 0 unspecified atom stereocenters. The van der Waals surface area contributed by atoms with Gasteiger partial charge in [0.05, 0.1) is 0 Å². The van der Waals surface area contributed by atoms with Crippen molar-refractivity contribution in [1.29, 1.82) is 0 Å². The summed E-state index contributed by atoms with van der Waals surface area (Å²) in [6, 6.07) is 170. The lowest BCUT2D eigenvalue weighted by Crippen LogP contribution is -1.91. The molecule has 0 N–H and O–H groups in total. The van der Waals surface area contributed by atoms with Crippen molar-refractivity contribution >= 4 is 163 Å². The molecule has 0 saturated carbocycles. The Balaban J connectivity index is 0.000000105. The van der Waals surface area contributed by atoms with Crippen LogP contribution in [-0.2, 0) is 0 Å². The van der Waals surface area contributed by atoms with Gasteiger partial charge in [0.25, 0.3) is 0 Å². The first-order chi connectivity index (χ1) is 64.0. The first-order valence-corrected chi connectivity index (χ1v) is 44.3. The molecule has 129 heavy (non-hydrogen) atoms. The van der Waals surface area contributed by atoms with E-state index in [0.717, 1.165) is 66.0 Å². The normalized spacial score (nSPS) is 11.7. The second-order valence-corrected chi connectivity index (χ2v) is 33.7. The van der Waals surface area contributed by atoms with Crippen molar-refractivity contribution in [3.8, 4) is 100 Å². The van der Waals surface area contributed by atoms with Gasteiger partial charge in [-0.3, -0.25) is 0 Å². The number of benzene rings is 24. The van der Waals surface area contributed by atoms with E-state index in [2.05, 4.69) is 443 Å². The summed E-state index contributed by atoms with van der Waals surface area (Å²) in [5, 5.41) is 29.5. The van der Waals surface area contributed by atoms with E-state index in [1.807, 2.05) is 30.3 Å². The smallest absolute Gasteiger partial charge is 0.136 e. The molecule has 0 aliphatic carbocycles. The summed E-state index contributed by atoms with van der Waals surface area (Å²) in [4.78, 5) is 0. The first-order valence-electron chi connectivity index (χ1n) is 44.3. The van der Waals surface area contributed by atoms with Gasteiger partial charge in [0.2, 0.25) is 0 Å². The van der Waals surface area contributed by atoms with Crippen LogP contribution in [0.5, 0.6) is 0 Å². The van der Waals surface area contributed by atoms with Crippen LogP contribution in [0.2, 0.25) is 0 Å². The van der Waals surface area contributed by atoms with Gasteiger partial charge in [-0.1, -0.05) is 425 Å². The lowest BCUT2D eigenvalue weighted by molar-refractivity contribution is 0.668. The quantitative estimate of drug-likeness (QED) is 0.135. The van der Waals surface area contributed by atoms with Crippen molar-refractivity contribution in [2.24, 2.45) is 0 Å². The lowest BCUT2D eigenvalue weighted by Gasteiger charge is -2.18. The van der Waals surface area contributed by atoms with Crippen LogP contribution in [0.4, 0.5) is 0 Å². The largest absolute Gasteiger partial charge is 0.456 e. The van der Waals surface area contributed by atoms with Gasteiger partial charge in [-0.05, 0) is 246 Å². The van der Waals surface area contributed by atoms with Crippen molar-refractivity contribution in [3.63, 3.8) is 0 Å². The molecule has 27 rings (SSSR count). The molecular formula is C126H78O3. The zero-order valence-corrected chi connectivity index (χ0v) is 70.3. The highest BCUT2D eigenvalue weighted by Gasteiger charge is 2.25. The van der Waals surface area contributed by atoms with E-state index >= 15 is 0 Å². The fourth-order valence-electron chi connectivity index (χ4n) is 20.9. The molecule has 0 aliphatic heterocycles. The van der Waals surface area contributed by atoms with Gasteiger partial charge < -0.3 is 13.3 Å². The molecule has 0 amide bonds. The molecule has 0 aliphatic rings. The lowest BCUT2D eigenvalue weighted by atomic mass is 9.84. The van der Waals surface area contributed by atoms with Gasteiger partial charge in [0, 0.05) is 32.3 Å². The van der Waals surface area contributed by atoms with Crippen LogP contribution in [0.3, 0.4) is 0 Å². The summed E-state index contributed by atoms with van der Waals surface area (Å²) in [6.45, 7) is 0. The Bertz CT molecular complexity index is 8980. The summed E-state index contributed by atoms with van der Waals surface area (Å²) in [5.41, 5.74) is 27.8. The highest BCUT2D eigenvalue weighted by Crippen LogP contribution is 2.51. The Kier molecular flexibility index (Phi) is 18.0. The third kappa shape index (κ3) is 12.6. The van der Waals surface area contributed by atoms with Crippen LogP contribution in [0.1, 0.15) is 0 Å². The number of furan rings is 3. The van der Waals surface area contributed by atoms with Gasteiger partial charge in [-0.25, -0.2) is 0 Å². The zero-order chi connectivity index (χ0) is 85.0. The molecule has 0 spiro atoms. The monoisotopic (exact) mass is 1640 g/mol. The van der Waals surface area contributed by atoms with E-state index in [4.69, 9.17) is 13.3 Å². The van der Waals surface area contributed by atoms with Crippen molar-refractivity contribution in [1.82, 2.24) is 0 Å². The van der Waals surface area contributed by atoms with E-state index in [0.29, 0.717) is 0 Å². The molecule has 0 saturated heterocycles. The molecular weight excluding hydrogens is 1560 g/mol. The van der Waals surface area contributed by atoms with Gasteiger partial charge >= 0.3 is 0 Å². The van der Waals surface area contributed by atoms with Crippen LogP contribution >= 0.6 is 0 Å². The van der Waals surface area contributed by atoms with Crippen LogP contribution in [0.15, 0.2) is 486 Å². The predicted octanol–water partition coefficient (Wildman–Crippen LogP) is 36.1. The number of para-hydroxylation sites is 3. The highest BCUT2D eigenvalue weighted by molar-refractivity contribution is 6.28. The maximum atomic E-state index is 6.31. The maximum Gasteiger partial charge on any atom is 0.136 e. The molecule has 3 heteroatoms. The second kappa shape index (κ2) is 31.1. The van der Waals surface area contributed by atoms with Crippen LogP contribution in [-0.4, -0.2) is 0 Å². The third-order valence-electron chi connectivity index (χ3n) is 26.6. The number of hydrogen-bond acceptors (Lipinski definition) is 3. The van der Waals surface area contributed by atoms with E-state index in [1.165, 1.54) is 197 Å². The number of fused-ring (bicyclic) bond motifs is 18. The molecule has 3 nitrogen and oxygen atoms in total. The molecule has 0 bridgehead atoms. The maximum absolute atomic E-state index is 6.31. The Hall–Kier alpha value is -17.0. The minimum absolute atomic E-state index is 0.917. The molecule has 0 radical (unpaired) electrons. The fraction of sp³-hybridized carbons (Fsp3) is 0. The molecule has 24 aromatic carbocycles. The molecule has 0 atom stereocenters. The molecule has 3 heterocycles. The molecule has 3 aromatic heterocycles. The van der Waals surface area contributed by atoms with Crippen LogP contribution in [0.25, 0.3) is 263 Å². The van der Waals surface area contributed by atoms with Crippen molar-refractivity contribution in [2.45, 2.75) is 0 Å². The van der Waals surface area contributed by atoms with Crippen LogP contribution in [0, 0.1) is 0 Å². The number of rotatable bonds is 9. The summed E-state index contributed by atoms with van der Waals surface area (Å²) in [6.07, 6.45) is 0. The standard InChI is InChI=1S/3C42H26O/c1-2-13-30-27(11-1)12-9-19-31(30)28-23-25-29(26-24-28)40-32-14-3-5-16-34(32)41(35-17-6-4-15-33(35)40)37-20-10-22-39-42(37)36-18-7-8-21-38(36)43-39;1-2-12-31-27(10-1)11-9-18-32(31)28-20-22-29(23-21-28)41-35-14-3-5-16-37(35)42(38-17-6-4-15-36(38)41)30-24-25-34-33-13-7-8-19-39(33)43-40(34)26-30;1-2-12-31-27(10-1)11-9-18-32(31)28-20-22-29(23-21-28)41-34-14-3-5-16-36(34)42(37-17-6-4-15-35(37)41)30-24-25-40-38(26-30)33-13-7-8-19-39(33)43-40/h3*1-26H. The van der Waals surface area contributed by atoms with Gasteiger partial charge in [0.15, 0.2) is 0 Å². The van der Waals surface area contributed by atoms with Crippen molar-refractivity contribution in [3.05, 3.63) is 473 Å². The summed E-state index contributed by atoms with van der Waals surface area (Å²) < 4.78 is 18.8. The fourth-order valence-corrected chi connectivity index (χ4v) is 20.9. The highest BCUT2D eigenvalue weighted by atomic mass is 16.3. The van der Waals surface area contributed by atoms with E-state index in [1.54, 1.807) is 0 Å². The topological polar surface area (TPSA) is 39.4 Å². The molecule has 0 fully saturated rings. The second-order valence-electron chi connectivity index (χ2n) is 33.7. The van der Waals surface area contributed by atoms with Crippen molar-refractivity contribution < 1.29 is 13.3 Å². The minimum atomic E-state index is 0.917. The van der Waals surface area contributed by atoms with E-state index < -0.39 is 0 Å². The Morgan fingerprint density at radius 3 is 0.721 bits per heavy atom. The summed E-state index contributed by atoms with van der Waals surface area (Å²) >= 11 is 0. The first kappa shape index (κ1) is 74.6. The molecule has 27 aromatic rings. The van der Waals surface area contributed by atoms with Crippen LogP contribution < -0.4 is 0 Å². The third-order valence-corrected chi connectivity index (χ3v) is 26.6. The Morgan fingerprint density at radius 1 is 0.109 bits per heavy atom. The number of hydrogen-bond donors (Lipinski definition) is 0.